The Kier molecular flexibility index (Phi) is 6.47. The van der Waals surface area contributed by atoms with E-state index < -0.39 is 0 Å². The maximum absolute atomic E-state index is 12.5. The molecule has 0 radical (unpaired) electrons. The predicted molar refractivity (Wildman–Crippen MR) is 106 cm³/mol. The largest absolute Gasteiger partial charge is 0.342 e. The fourth-order valence-electron chi connectivity index (χ4n) is 4.47. The molecule has 3 heterocycles. The average Bonchev–Trinajstić information content (AvgIpc) is 2.64. The molecule has 0 unspecified atom stereocenters. The smallest absolute Gasteiger partial charge is 0.222 e. The van der Waals surface area contributed by atoms with Crippen LogP contribution in [0.5, 0.6) is 0 Å². The second-order valence-corrected chi connectivity index (χ2v) is 8.34. The second kappa shape index (κ2) is 8.81. The number of hydrogen-bond acceptors (Lipinski definition) is 3. The van der Waals surface area contributed by atoms with Crippen molar-refractivity contribution in [3.8, 4) is 0 Å². The summed E-state index contributed by atoms with van der Waals surface area (Å²) in [4.78, 5) is 21.6. The van der Waals surface area contributed by atoms with Gasteiger partial charge in [-0.3, -0.25) is 9.78 Å². The number of carbonyl (C=O) groups excluding carboxylic acids is 1. The van der Waals surface area contributed by atoms with Gasteiger partial charge < -0.3 is 9.80 Å². The lowest BCUT2D eigenvalue weighted by Gasteiger charge is -2.48. The Hall–Kier alpha value is -1.68. The topological polar surface area (TPSA) is 36.4 Å². The fraction of sp³-hybridized carbons (Fsp3) is 0.636. The summed E-state index contributed by atoms with van der Waals surface area (Å²) in [6.07, 6.45) is 10.5. The standard InChI is InChI=1S/C22H33N3O/c1-19(2)7-5-14-24-15-6-11-22(17-24)12-9-21(26)25(18-22)16-10-20-8-3-4-13-23-20/h3-4,7-8,13H,5-6,9-12,14-18H2,1-2H3/t22-/m1/s1. The first-order chi connectivity index (χ1) is 12.6. The molecule has 1 amide bonds. The molecule has 4 nitrogen and oxygen atoms in total. The zero-order valence-corrected chi connectivity index (χ0v) is 16.4. The molecule has 2 aliphatic heterocycles. The van der Waals surface area contributed by atoms with Crippen molar-refractivity contribution in [1.29, 1.82) is 0 Å². The molecule has 2 fully saturated rings. The summed E-state index contributed by atoms with van der Waals surface area (Å²) in [5.74, 6) is 0.327. The first-order valence-electron chi connectivity index (χ1n) is 10.1. The van der Waals surface area contributed by atoms with Gasteiger partial charge in [0.2, 0.25) is 5.91 Å². The van der Waals surface area contributed by atoms with Gasteiger partial charge in [-0.15, -0.1) is 0 Å². The molecule has 2 saturated heterocycles. The van der Waals surface area contributed by atoms with Crippen molar-refractivity contribution in [1.82, 2.24) is 14.8 Å². The summed E-state index contributed by atoms with van der Waals surface area (Å²) in [6.45, 7) is 9.58. The summed E-state index contributed by atoms with van der Waals surface area (Å²) in [5.41, 5.74) is 2.79. The van der Waals surface area contributed by atoms with E-state index in [1.165, 1.54) is 25.0 Å². The van der Waals surface area contributed by atoms with Gasteiger partial charge in [0.15, 0.2) is 0 Å². The number of piperidine rings is 2. The Morgan fingerprint density at radius 3 is 2.88 bits per heavy atom. The summed E-state index contributed by atoms with van der Waals surface area (Å²) in [6, 6.07) is 6.01. The van der Waals surface area contributed by atoms with Crippen LogP contribution in [-0.2, 0) is 11.2 Å². The molecular formula is C22H33N3O. The highest BCUT2D eigenvalue weighted by Gasteiger charge is 2.41. The number of aromatic nitrogens is 1. The van der Waals surface area contributed by atoms with Gasteiger partial charge >= 0.3 is 0 Å². The van der Waals surface area contributed by atoms with Crippen LogP contribution in [-0.4, -0.2) is 53.4 Å². The molecule has 0 N–H and O–H groups in total. The van der Waals surface area contributed by atoms with Crippen molar-refractivity contribution < 1.29 is 4.79 Å². The van der Waals surface area contributed by atoms with Gasteiger partial charge in [0.1, 0.15) is 0 Å². The lowest BCUT2D eigenvalue weighted by atomic mass is 9.73. The van der Waals surface area contributed by atoms with Gasteiger partial charge in [-0.1, -0.05) is 17.7 Å². The van der Waals surface area contributed by atoms with Crippen LogP contribution in [0.3, 0.4) is 0 Å². The van der Waals surface area contributed by atoms with E-state index in [0.29, 0.717) is 17.7 Å². The van der Waals surface area contributed by atoms with E-state index in [1.54, 1.807) is 0 Å². The minimum atomic E-state index is 0.307. The van der Waals surface area contributed by atoms with Gasteiger partial charge in [-0.2, -0.15) is 0 Å². The number of likely N-dealkylation sites (tertiary alicyclic amines) is 2. The van der Waals surface area contributed by atoms with E-state index in [4.69, 9.17) is 0 Å². The van der Waals surface area contributed by atoms with Crippen molar-refractivity contribution in [3.05, 3.63) is 41.7 Å². The summed E-state index contributed by atoms with van der Waals surface area (Å²) in [5, 5.41) is 0. The number of carbonyl (C=O) groups is 1. The van der Waals surface area contributed by atoms with E-state index in [0.717, 1.165) is 51.1 Å². The van der Waals surface area contributed by atoms with Gasteiger partial charge in [-0.25, -0.2) is 0 Å². The predicted octanol–water partition coefficient (Wildman–Crippen LogP) is 3.69. The lowest BCUT2D eigenvalue weighted by molar-refractivity contribution is -0.139. The molecule has 0 bridgehead atoms. The Morgan fingerprint density at radius 2 is 2.12 bits per heavy atom. The van der Waals surface area contributed by atoms with Crippen molar-refractivity contribution in [2.24, 2.45) is 5.41 Å². The second-order valence-electron chi connectivity index (χ2n) is 8.34. The van der Waals surface area contributed by atoms with Crippen LogP contribution in [0.25, 0.3) is 0 Å². The molecular weight excluding hydrogens is 322 g/mol. The molecule has 1 spiro atoms. The minimum Gasteiger partial charge on any atom is -0.342 e. The molecule has 142 valence electrons. The molecule has 26 heavy (non-hydrogen) atoms. The highest BCUT2D eigenvalue weighted by atomic mass is 16.2. The Balaban J connectivity index is 1.57. The first kappa shape index (κ1) is 19.1. The molecule has 4 heteroatoms. The van der Waals surface area contributed by atoms with E-state index in [9.17, 15) is 4.79 Å². The molecule has 3 rings (SSSR count). The van der Waals surface area contributed by atoms with Gasteiger partial charge in [0.05, 0.1) is 0 Å². The molecule has 1 aromatic heterocycles. The van der Waals surface area contributed by atoms with Crippen LogP contribution in [0, 0.1) is 5.41 Å². The zero-order chi connectivity index (χ0) is 18.4. The van der Waals surface area contributed by atoms with E-state index in [-0.39, 0.29) is 0 Å². The third kappa shape index (κ3) is 5.16. The van der Waals surface area contributed by atoms with E-state index >= 15 is 0 Å². The molecule has 1 atom stereocenters. The fourth-order valence-corrected chi connectivity index (χ4v) is 4.47. The minimum absolute atomic E-state index is 0.307. The van der Waals surface area contributed by atoms with Crippen molar-refractivity contribution in [2.45, 2.75) is 52.4 Å². The average molecular weight is 356 g/mol. The summed E-state index contributed by atoms with van der Waals surface area (Å²) < 4.78 is 0. The molecule has 0 saturated carbocycles. The van der Waals surface area contributed by atoms with Crippen LogP contribution in [0.4, 0.5) is 0 Å². The number of hydrogen-bond donors (Lipinski definition) is 0. The molecule has 0 aromatic carbocycles. The van der Waals surface area contributed by atoms with Crippen LogP contribution >= 0.6 is 0 Å². The number of allylic oxidation sites excluding steroid dienone is 1. The SMILES string of the molecule is CC(C)=CCCN1CCC[C@@]2(CCC(=O)N(CCc3ccccn3)C2)C1. The molecule has 0 aliphatic carbocycles. The quantitative estimate of drug-likeness (QED) is 0.730. The van der Waals surface area contributed by atoms with Crippen molar-refractivity contribution in [2.75, 3.05) is 32.7 Å². The van der Waals surface area contributed by atoms with E-state index in [1.807, 2.05) is 18.3 Å². The maximum atomic E-state index is 12.5. The highest BCUT2D eigenvalue weighted by molar-refractivity contribution is 5.77. The van der Waals surface area contributed by atoms with Crippen LogP contribution in [0.2, 0.25) is 0 Å². The van der Waals surface area contributed by atoms with E-state index in [2.05, 4.69) is 40.8 Å². The van der Waals surface area contributed by atoms with Crippen LogP contribution in [0.1, 0.15) is 51.6 Å². The van der Waals surface area contributed by atoms with Crippen LogP contribution in [0.15, 0.2) is 36.0 Å². The Bertz CT molecular complexity index is 624. The van der Waals surface area contributed by atoms with Gasteiger partial charge in [-0.05, 0) is 58.2 Å². The van der Waals surface area contributed by atoms with Crippen LogP contribution < -0.4 is 0 Å². The van der Waals surface area contributed by atoms with Gasteiger partial charge in [0, 0.05) is 56.3 Å². The zero-order valence-electron chi connectivity index (χ0n) is 16.4. The number of amides is 1. The highest BCUT2D eigenvalue weighted by Crippen LogP contribution is 2.38. The molecule has 1 aromatic rings. The van der Waals surface area contributed by atoms with Gasteiger partial charge in [0.25, 0.3) is 0 Å². The molecule has 2 aliphatic rings. The number of nitrogens with zero attached hydrogens (tertiary/aromatic N) is 3. The van der Waals surface area contributed by atoms with Crippen molar-refractivity contribution in [3.63, 3.8) is 0 Å². The Morgan fingerprint density at radius 1 is 1.23 bits per heavy atom. The Labute approximate surface area is 158 Å². The number of rotatable bonds is 6. The maximum Gasteiger partial charge on any atom is 0.222 e. The summed E-state index contributed by atoms with van der Waals surface area (Å²) in [7, 11) is 0. The summed E-state index contributed by atoms with van der Waals surface area (Å²) >= 11 is 0. The third-order valence-electron chi connectivity index (χ3n) is 5.85. The van der Waals surface area contributed by atoms with Crippen molar-refractivity contribution >= 4 is 5.91 Å². The number of pyridine rings is 1. The first-order valence-corrected chi connectivity index (χ1v) is 10.1. The lowest BCUT2D eigenvalue weighted by Crippen LogP contribution is -2.54. The third-order valence-corrected chi connectivity index (χ3v) is 5.85. The monoisotopic (exact) mass is 355 g/mol. The normalized spacial score (nSPS) is 24.1.